The predicted molar refractivity (Wildman–Crippen MR) is 76.7 cm³/mol. The molecule has 0 aliphatic carbocycles. The smallest absolute Gasteiger partial charge is 0.121 e. The number of hydrogen-bond donors (Lipinski definition) is 1. The summed E-state index contributed by atoms with van der Waals surface area (Å²) in [5.41, 5.74) is -0.0434. The van der Waals surface area contributed by atoms with Gasteiger partial charge in [0.1, 0.15) is 11.5 Å². The van der Waals surface area contributed by atoms with E-state index in [1.165, 1.54) is 0 Å². The van der Waals surface area contributed by atoms with Crippen LogP contribution in [0.1, 0.15) is 43.7 Å². The molecule has 1 aromatic rings. The molecule has 112 valence electrons. The largest absolute Gasteiger partial charge is 0.465 e. The molecule has 20 heavy (non-hydrogen) atoms. The third-order valence-electron chi connectivity index (χ3n) is 4.56. The summed E-state index contributed by atoms with van der Waals surface area (Å²) in [6.45, 7) is 7.51. The minimum Gasteiger partial charge on any atom is -0.465 e. The van der Waals surface area contributed by atoms with E-state index in [0.717, 1.165) is 57.1 Å². The minimum atomic E-state index is -0.0434. The Labute approximate surface area is 120 Å². The molecule has 0 aromatic carbocycles. The van der Waals surface area contributed by atoms with Crippen molar-refractivity contribution in [2.75, 3.05) is 26.4 Å². The summed E-state index contributed by atoms with van der Waals surface area (Å²) in [6.07, 6.45) is 3.17. The number of hydrogen-bond acceptors (Lipinski definition) is 4. The lowest BCUT2D eigenvalue weighted by Crippen LogP contribution is -2.44. The molecule has 1 spiro atoms. The van der Waals surface area contributed by atoms with Crippen LogP contribution in [0.25, 0.3) is 0 Å². The van der Waals surface area contributed by atoms with E-state index in [9.17, 15) is 0 Å². The van der Waals surface area contributed by atoms with Crippen LogP contribution in [0.4, 0.5) is 0 Å². The van der Waals surface area contributed by atoms with Gasteiger partial charge in [0, 0.05) is 19.6 Å². The van der Waals surface area contributed by atoms with Crippen molar-refractivity contribution in [3.05, 3.63) is 23.7 Å². The second-order valence-corrected chi connectivity index (χ2v) is 6.07. The highest BCUT2D eigenvalue weighted by molar-refractivity contribution is 5.12. The molecule has 4 nitrogen and oxygen atoms in total. The Balaban J connectivity index is 1.76. The van der Waals surface area contributed by atoms with Gasteiger partial charge < -0.3 is 19.2 Å². The Kier molecular flexibility index (Phi) is 4.15. The second kappa shape index (κ2) is 5.88. The van der Waals surface area contributed by atoms with E-state index in [1.54, 1.807) is 0 Å². The fourth-order valence-corrected chi connectivity index (χ4v) is 3.55. The van der Waals surface area contributed by atoms with Crippen molar-refractivity contribution >= 4 is 0 Å². The fraction of sp³-hybridized carbons (Fsp3) is 0.750. The van der Waals surface area contributed by atoms with Crippen molar-refractivity contribution in [1.29, 1.82) is 0 Å². The molecule has 0 amide bonds. The monoisotopic (exact) mass is 279 g/mol. The van der Waals surface area contributed by atoms with Crippen LogP contribution < -0.4 is 5.32 Å². The van der Waals surface area contributed by atoms with Crippen molar-refractivity contribution in [2.24, 2.45) is 5.92 Å². The molecule has 3 rings (SSSR count). The van der Waals surface area contributed by atoms with Crippen LogP contribution in [-0.4, -0.2) is 32.0 Å². The van der Waals surface area contributed by atoms with Crippen molar-refractivity contribution in [1.82, 2.24) is 5.32 Å². The summed E-state index contributed by atoms with van der Waals surface area (Å²) in [4.78, 5) is 0. The van der Waals surface area contributed by atoms with Crippen LogP contribution >= 0.6 is 0 Å². The molecule has 0 bridgehead atoms. The summed E-state index contributed by atoms with van der Waals surface area (Å²) < 4.78 is 17.5. The number of nitrogens with one attached hydrogen (secondary N) is 1. The average molecular weight is 279 g/mol. The Morgan fingerprint density at radius 1 is 1.40 bits per heavy atom. The summed E-state index contributed by atoms with van der Waals surface area (Å²) in [5, 5.41) is 3.60. The number of furan rings is 1. The van der Waals surface area contributed by atoms with Gasteiger partial charge in [0.15, 0.2) is 0 Å². The van der Waals surface area contributed by atoms with Gasteiger partial charge in [-0.15, -0.1) is 0 Å². The topological polar surface area (TPSA) is 43.6 Å². The molecule has 2 fully saturated rings. The quantitative estimate of drug-likeness (QED) is 0.920. The third-order valence-corrected chi connectivity index (χ3v) is 4.56. The van der Waals surface area contributed by atoms with Gasteiger partial charge in [-0.1, -0.05) is 6.92 Å². The van der Waals surface area contributed by atoms with E-state index in [4.69, 9.17) is 13.9 Å². The SMILES string of the molecule is CCNC(c1ccc(C)o1)C1CCOC2(CCOC2)C1. The fourth-order valence-electron chi connectivity index (χ4n) is 3.55. The molecule has 3 heterocycles. The first-order valence-electron chi connectivity index (χ1n) is 7.74. The van der Waals surface area contributed by atoms with E-state index in [2.05, 4.69) is 18.3 Å². The first kappa shape index (κ1) is 14.1. The highest BCUT2D eigenvalue weighted by Gasteiger charge is 2.43. The second-order valence-electron chi connectivity index (χ2n) is 6.07. The summed E-state index contributed by atoms with van der Waals surface area (Å²) in [7, 11) is 0. The Bertz CT molecular complexity index is 437. The van der Waals surface area contributed by atoms with Gasteiger partial charge in [0.25, 0.3) is 0 Å². The predicted octanol–water partition coefficient (Wildman–Crippen LogP) is 2.82. The molecule has 1 N–H and O–H groups in total. The Morgan fingerprint density at radius 3 is 2.95 bits per heavy atom. The number of ether oxygens (including phenoxy) is 2. The van der Waals surface area contributed by atoms with Gasteiger partial charge in [-0.05, 0) is 44.4 Å². The van der Waals surface area contributed by atoms with E-state index in [0.29, 0.717) is 5.92 Å². The van der Waals surface area contributed by atoms with Gasteiger partial charge in [0.2, 0.25) is 0 Å². The molecule has 3 atom stereocenters. The first-order chi connectivity index (χ1) is 9.72. The standard InChI is InChI=1S/C16H25NO3/c1-3-17-15(14-5-4-12(2)20-14)13-6-8-19-16(10-13)7-9-18-11-16/h4-5,13,15,17H,3,6-11H2,1-2H3. The lowest BCUT2D eigenvalue weighted by molar-refractivity contribution is -0.104. The third kappa shape index (κ3) is 2.78. The maximum Gasteiger partial charge on any atom is 0.121 e. The van der Waals surface area contributed by atoms with E-state index < -0.39 is 0 Å². The molecular weight excluding hydrogens is 254 g/mol. The van der Waals surface area contributed by atoms with Crippen LogP contribution in [-0.2, 0) is 9.47 Å². The minimum absolute atomic E-state index is 0.0434. The molecule has 2 aliphatic heterocycles. The number of aryl methyl sites for hydroxylation is 1. The van der Waals surface area contributed by atoms with Crippen LogP contribution in [0.3, 0.4) is 0 Å². The highest BCUT2D eigenvalue weighted by Crippen LogP contribution is 2.41. The van der Waals surface area contributed by atoms with Gasteiger partial charge in [-0.3, -0.25) is 0 Å². The Hall–Kier alpha value is -0.840. The summed E-state index contributed by atoms with van der Waals surface area (Å²) >= 11 is 0. The molecule has 1 aromatic heterocycles. The zero-order valence-corrected chi connectivity index (χ0v) is 12.5. The number of rotatable bonds is 4. The molecule has 0 saturated carbocycles. The zero-order valence-electron chi connectivity index (χ0n) is 12.5. The zero-order chi connectivity index (χ0) is 14.0. The molecule has 4 heteroatoms. The van der Waals surface area contributed by atoms with Gasteiger partial charge >= 0.3 is 0 Å². The van der Waals surface area contributed by atoms with Crippen LogP contribution in [0.2, 0.25) is 0 Å². The van der Waals surface area contributed by atoms with Crippen molar-refractivity contribution in [2.45, 2.75) is 44.8 Å². The van der Waals surface area contributed by atoms with Crippen molar-refractivity contribution < 1.29 is 13.9 Å². The van der Waals surface area contributed by atoms with E-state index in [-0.39, 0.29) is 11.6 Å². The first-order valence-corrected chi connectivity index (χ1v) is 7.74. The van der Waals surface area contributed by atoms with Gasteiger partial charge in [-0.2, -0.15) is 0 Å². The molecule has 2 saturated heterocycles. The molecular formula is C16H25NO3. The maximum absolute atomic E-state index is 6.04. The highest BCUT2D eigenvalue weighted by atomic mass is 16.6. The van der Waals surface area contributed by atoms with Crippen LogP contribution in [0.5, 0.6) is 0 Å². The average Bonchev–Trinajstić information content (AvgIpc) is 3.06. The van der Waals surface area contributed by atoms with Gasteiger partial charge in [-0.25, -0.2) is 0 Å². The van der Waals surface area contributed by atoms with Crippen LogP contribution in [0, 0.1) is 12.8 Å². The molecule has 2 aliphatic rings. The van der Waals surface area contributed by atoms with Crippen molar-refractivity contribution in [3.63, 3.8) is 0 Å². The normalized spacial score (nSPS) is 31.8. The van der Waals surface area contributed by atoms with Crippen LogP contribution in [0.15, 0.2) is 16.5 Å². The lowest BCUT2D eigenvalue weighted by atomic mass is 9.80. The summed E-state index contributed by atoms with van der Waals surface area (Å²) in [5.74, 6) is 2.59. The van der Waals surface area contributed by atoms with Gasteiger partial charge in [0.05, 0.1) is 18.2 Å². The Morgan fingerprint density at radius 2 is 2.30 bits per heavy atom. The molecule has 0 radical (unpaired) electrons. The lowest BCUT2D eigenvalue weighted by Gasteiger charge is -2.40. The summed E-state index contributed by atoms with van der Waals surface area (Å²) in [6, 6.07) is 4.44. The van der Waals surface area contributed by atoms with E-state index >= 15 is 0 Å². The van der Waals surface area contributed by atoms with E-state index in [1.807, 2.05) is 13.0 Å². The molecule has 3 unspecified atom stereocenters. The maximum atomic E-state index is 6.04. The van der Waals surface area contributed by atoms with Crippen molar-refractivity contribution in [3.8, 4) is 0 Å².